The van der Waals surface area contributed by atoms with Gasteiger partial charge in [0.1, 0.15) is 0 Å². The fourth-order valence-corrected chi connectivity index (χ4v) is 7.97. The number of allylic oxidation sites excluding steroid dienone is 3. The molecule has 0 N–H and O–H groups in total. The largest absolute Gasteiger partial charge is 0.347 e. The van der Waals surface area contributed by atoms with Crippen LogP contribution in [0.1, 0.15) is 78.1 Å². The lowest BCUT2D eigenvalue weighted by Crippen LogP contribution is -2.45. The highest BCUT2D eigenvalue weighted by Crippen LogP contribution is 2.71. The van der Waals surface area contributed by atoms with Gasteiger partial charge in [-0.2, -0.15) is 0 Å². The summed E-state index contributed by atoms with van der Waals surface area (Å²) in [5, 5.41) is 0. The Bertz CT molecular complexity index is 693. The van der Waals surface area contributed by atoms with Crippen molar-refractivity contribution >= 4 is 0 Å². The zero-order valence-corrected chi connectivity index (χ0v) is 16.6. The molecular weight excluding hydrogens is 320 g/mol. The Hall–Kier alpha value is -0.600. The first-order chi connectivity index (χ1) is 12.5. The molecule has 6 rings (SSSR count). The van der Waals surface area contributed by atoms with Crippen molar-refractivity contribution < 1.29 is 9.47 Å². The standard InChI is InChI=1S/C24H34O2/c1-22(17-4-5-17)11-9-21-20-6-3-16-15-24(25-13-14-26-24)12-8-18(16)19(20)7-10-23(21,22)2/h7,17,20-21H,3-6,8-15H2,1-2H3/t20-,21+,22?,23+/m1/s1. The lowest BCUT2D eigenvalue weighted by atomic mass is 9.52. The third-order valence-electron chi connectivity index (χ3n) is 9.79. The molecule has 5 aliphatic carbocycles. The van der Waals surface area contributed by atoms with Crippen LogP contribution in [0.5, 0.6) is 0 Å². The van der Waals surface area contributed by atoms with Gasteiger partial charge in [0.2, 0.25) is 0 Å². The minimum atomic E-state index is -0.257. The molecule has 0 bridgehead atoms. The summed E-state index contributed by atoms with van der Waals surface area (Å²) in [6.07, 6.45) is 15.9. The molecular formula is C24H34O2. The molecule has 6 aliphatic rings. The van der Waals surface area contributed by atoms with E-state index in [2.05, 4.69) is 19.9 Å². The molecule has 0 amide bonds. The molecule has 1 heterocycles. The molecule has 2 saturated carbocycles. The van der Waals surface area contributed by atoms with Crippen LogP contribution in [0, 0.1) is 28.6 Å². The Balaban J connectivity index is 1.34. The molecule has 4 atom stereocenters. The zero-order valence-electron chi connectivity index (χ0n) is 16.6. The zero-order chi connectivity index (χ0) is 17.6. The van der Waals surface area contributed by atoms with Crippen molar-refractivity contribution in [1.82, 2.24) is 0 Å². The normalized spacial score (nSPS) is 46.8. The van der Waals surface area contributed by atoms with Crippen molar-refractivity contribution in [3.63, 3.8) is 0 Å². The molecule has 26 heavy (non-hydrogen) atoms. The first-order valence-corrected chi connectivity index (χ1v) is 11.2. The molecule has 1 unspecified atom stereocenters. The van der Waals surface area contributed by atoms with Crippen LogP contribution in [-0.4, -0.2) is 19.0 Å². The molecule has 142 valence electrons. The monoisotopic (exact) mass is 354 g/mol. The lowest BCUT2D eigenvalue weighted by Gasteiger charge is -2.52. The minimum absolute atomic E-state index is 0.257. The third-order valence-corrected chi connectivity index (χ3v) is 9.79. The van der Waals surface area contributed by atoms with E-state index in [9.17, 15) is 0 Å². The van der Waals surface area contributed by atoms with Gasteiger partial charge < -0.3 is 9.47 Å². The van der Waals surface area contributed by atoms with Crippen LogP contribution < -0.4 is 0 Å². The lowest BCUT2D eigenvalue weighted by molar-refractivity contribution is -0.164. The Morgan fingerprint density at radius 2 is 1.73 bits per heavy atom. The molecule has 0 aromatic rings. The first kappa shape index (κ1) is 16.4. The van der Waals surface area contributed by atoms with Crippen LogP contribution >= 0.6 is 0 Å². The summed E-state index contributed by atoms with van der Waals surface area (Å²) in [6, 6.07) is 0. The van der Waals surface area contributed by atoms with E-state index in [1.807, 2.05) is 0 Å². The number of hydrogen-bond donors (Lipinski definition) is 0. The molecule has 0 aromatic heterocycles. The van der Waals surface area contributed by atoms with Gasteiger partial charge >= 0.3 is 0 Å². The van der Waals surface area contributed by atoms with Gasteiger partial charge in [0.05, 0.1) is 13.2 Å². The second-order valence-corrected chi connectivity index (χ2v) is 10.6. The molecule has 1 aliphatic heterocycles. The van der Waals surface area contributed by atoms with E-state index in [4.69, 9.17) is 9.47 Å². The highest BCUT2D eigenvalue weighted by atomic mass is 16.7. The van der Waals surface area contributed by atoms with Gasteiger partial charge in [-0.3, -0.25) is 0 Å². The molecule has 0 radical (unpaired) electrons. The van der Waals surface area contributed by atoms with Gasteiger partial charge in [0.25, 0.3) is 0 Å². The fourth-order valence-electron chi connectivity index (χ4n) is 7.97. The van der Waals surface area contributed by atoms with Crippen molar-refractivity contribution in [1.29, 1.82) is 0 Å². The SMILES string of the molecule is CC1(C2CC2)CC[C@H]2[C@@H]3CCC4=C(CCC5(C4)OCCO5)C3=CC[C@@]21C. The maximum absolute atomic E-state index is 6.04. The van der Waals surface area contributed by atoms with Crippen LogP contribution in [0.3, 0.4) is 0 Å². The van der Waals surface area contributed by atoms with Crippen molar-refractivity contribution in [3.8, 4) is 0 Å². The van der Waals surface area contributed by atoms with Crippen LogP contribution in [0.4, 0.5) is 0 Å². The van der Waals surface area contributed by atoms with Crippen LogP contribution in [-0.2, 0) is 9.47 Å². The molecule has 3 fully saturated rings. The smallest absolute Gasteiger partial charge is 0.172 e. The minimum Gasteiger partial charge on any atom is -0.347 e. The van der Waals surface area contributed by atoms with Crippen molar-refractivity contribution in [2.45, 2.75) is 83.8 Å². The van der Waals surface area contributed by atoms with Crippen LogP contribution in [0.15, 0.2) is 22.8 Å². The summed E-state index contributed by atoms with van der Waals surface area (Å²) in [7, 11) is 0. The Kier molecular flexibility index (Phi) is 3.31. The summed E-state index contributed by atoms with van der Waals surface area (Å²) in [5.41, 5.74) is 6.33. The van der Waals surface area contributed by atoms with Gasteiger partial charge in [-0.15, -0.1) is 0 Å². The van der Waals surface area contributed by atoms with Gasteiger partial charge in [-0.25, -0.2) is 0 Å². The van der Waals surface area contributed by atoms with Crippen molar-refractivity contribution in [2.24, 2.45) is 28.6 Å². The van der Waals surface area contributed by atoms with Crippen molar-refractivity contribution in [3.05, 3.63) is 22.8 Å². The maximum Gasteiger partial charge on any atom is 0.172 e. The maximum atomic E-state index is 6.04. The topological polar surface area (TPSA) is 18.5 Å². The van der Waals surface area contributed by atoms with Gasteiger partial charge in [-0.1, -0.05) is 25.5 Å². The Morgan fingerprint density at radius 3 is 2.50 bits per heavy atom. The molecule has 1 saturated heterocycles. The fraction of sp³-hybridized carbons (Fsp3) is 0.833. The predicted molar refractivity (Wildman–Crippen MR) is 103 cm³/mol. The Labute approximate surface area is 158 Å². The Morgan fingerprint density at radius 1 is 0.923 bits per heavy atom. The average molecular weight is 355 g/mol. The summed E-state index contributed by atoms with van der Waals surface area (Å²) >= 11 is 0. The number of ether oxygens (including phenoxy) is 2. The van der Waals surface area contributed by atoms with E-state index in [0.717, 1.165) is 43.8 Å². The molecule has 2 nitrogen and oxygen atoms in total. The van der Waals surface area contributed by atoms with Crippen molar-refractivity contribution in [2.75, 3.05) is 13.2 Å². The van der Waals surface area contributed by atoms with E-state index in [-0.39, 0.29) is 5.79 Å². The van der Waals surface area contributed by atoms with Gasteiger partial charge in [0.15, 0.2) is 5.79 Å². The van der Waals surface area contributed by atoms with E-state index in [1.165, 1.54) is 51.4 Å². The first-order valence-electron chi connectivity index (χ1n) is 11.2. The highest BCUT2D eigenvalue weighted by molar-refractivity contribution is 5.45. The van der Waals surface area contributed by atoms with Crippen LogP contribution in [0.25, 0.3) is 0 Å². The van der Waals surface area contributed by atoms with Gasteiger partial charge in [0, 0.05) is 12.8 Å². The molecule has 1 spiro atoms. The molecule has 2 heteroatoms. The number of rotatable bonds is 1. The summed E-state index contributed by atoms with van der Waals surface area (Å²) in [4.78, 5) is 0. The summed E-state index contributed by atoms with van der Waals surface area (Å²) in [5.74, 6) is 2.54. The number of hydrogen-bond acceptors (Lipinski definition) is 2. The molecule has 0 aromatic carbocycles. The highest BCUT2D eigenvalue weighted by Gasteiger charge is 2.62. The van der Waals surface area contributed by atoms with E-state index >= 15 is 0 Å². The quantitative estimate of drug-likeness (QED) is 0.594. The second-order valence-electron chi connectivity index (χ2n) is 10.6. The van der Waals surface area contributed by atoms with E-state index < -0.39 is 0 Å². The summed E-state index contributed by atoms with van der Waals surface area (Å²) < 4.78 is 12.1. The van der Waals surface area contributed by atoms with E-state index in [0.29, 0.717) is 10.8 Å². The summed E-state index contributed by atoms with van der Waals surface area (Å²) in [6.45, 7) is 6.88. The van der Waals surface area contributed by atoms with Gasteiger partial charge in [-0.05, 0) is 91.1 Å². The second kappa shape index (κ2) is 5.26. The van der Waals surface area contributed by atoms with Crippen LogP contribution in [0.2, 0.25) is 0 Å². The predicted octanol–water partition coefficient (Wildman–Crippen LogP) is 5.78. The third kappa shape index (κ3) is 2.01. The van der Waals surface area contributed by atoms with E-state index in [1.54, 1.807) is 16.7 Å². The number of fused-ring (bicyclic) bond motifs is 4. The average Bonchev–Trinajstić information content (AvgIpc) is 3.36.